The lowest BCUT2D eigenvalue weighted by atomic mass is 9.98. The zero-order chi connectivity index (χ0) is 18.4. The summed E-state index contributed by atoms with van der Waals surface area (Å²) in [7, 11) is 3.62. The van der Waals surface area contributed by atoms with Crippen molar-refractivity contribution in [3.63, 3.8) is 0 Å². The Morgan fingerprint density at radius 3 is 2.96 bits per heavy atom. The number of nitrogens with zero attached hydrogens (tertiary/aromatic N) is 4. The largest absolute Gasteiger partial charge is 0.384 e. The minimum absolute atomic E-state index is 0.0558. The molecule has 7 nitrogen and oxygen atoms in total. The van der Waals surface area contributed by atoms with E-state index in [-0.39, 0.29) is 5.91 Å². The van der Waals surface area contributed by atoms with Gasteiger partial charge in [-0.3, -0.25) is 9.48 Å². The highest BCUT2D eigenvalue weighted by Gasteiger charge is 2.24. The van der Waals surface area contributed by atoms with E-state index >= 15 is 0 Å². The molecular weight excluding hydrogens is 330 g/mol. The summed E-state index contributed by atoms with van der Waals surface area (Å²) >= 11 is 0. The van der Waals surface area contributed by atoms with Gasteiger partial charge in [-0.05, 0) is 42.9 Å². The zero-order valence-corrected chi connectivity index (χ0v) is 15.5. The number of aryl methyl sites for hydroxylation is 1. The Morgan fingerprint density at radius 1 is 1.38 bits per heavy atom. The smallest absolute Gasteiger partial charge is 0.255 e. The number of rotatable bonds is 7. The molecule has 3 rings (SSSR count). The summed E-state index contributed by atoms with van der Waals surface area (Å²) in [5.74, 6) is 1.26. The highest BCUT2D eigenvalue weighted by molar-refractivity contribution is 5.94. The van der Waals surface area contributed by atoms with Crippen LogP contribution in [0.1, 0.15) is 28.8 Å². The lowest BCUT2D eigenvalue weighted by Crippen LogP contribution is -2.41. The molecule has 1 atom stereocenters. The van der Waals surface area contributed by atoms with Gasteiger partial charge in [0.25, 0.3) is 5.91 Å². The summed E-state index contributed by atoms with van der Waals surface area (Å²) in [6.45, 7) is 3.06. The summed E-state index contributed by atoms with van der Waals surface area (Å²) in [4.78, 5) is 19.0. The highest BCUT2D eigenvalue weighted by Crippen LogP contribution is 2.19. The first-order valence-electron chi connectivity index (χ1n) is 9.11. The molecule has 7 heteroatoms. The van der Waals surface area contributed by atoms with E-state index < -0.39 is 0 Å². The van der Waals surface area contributed by atoms with Gasteiger partial charge in [-0.2, -0.15) is 5.10 Å². The Labute approximate surface area is 154 Å². The number of carbonyl (C=O) groups excluding carboxylic acids is 1. The average Bonchev–Trinajstić information content (AvgIpc) is 3.07. The number of hydrogen-bond acceptors (Lipinski definition) is 5. The van der Waals surface area contributed by atoms with Crippen LogP contribution in [0.5, 0.6) is 0 Å². The molecule has 1 fully saturated rings. The first-order valence-corrected chi connectivity index (χ1v) is 9.11. The average molecular weight is 357 g/mol. The van der Waals surface area contributed by atoms with Gasteiger partial charge in [0, 0.05) is 46.2 Å². The molecule has 2 aromatic heterocycles. The van der Waals surface area contributed by atoms with Crippen LogP contribution in [-0.4, -0.2) is 58.9 Å². The van der Waals surface area contributed by atoms with E-state index in [4.69, 9.17) is 4.74 Å². The van der Waals surface area contributed by atoms with Crippen LogP contribution in [0.2, 0.25) is 0 Å². The van der Waals surface area contributed by atoms with E-state index in [2.05, 4.69) is 15.4 Å². The number of nitrogens with one attached hydrogen (secondary N) is 1. The molecule has 3 heterocycles. The maximum absolute atomic E-state index is 12.7. The van der Waals surface area contributed by atoms with Crippen LogP contribution in [0.4, 0.5) is 5.82 Å². The number of amides is 1. The van der Waals surface area contributed by atoms with Gasteiger partial charge >= 0.3 is 0 Å². The third-order valence-electron chi connectivity index (χ3n) is 4.70. The second-order valence-corrected chi connectivity index (χ2v) is 6.85. The molecular formula is C19H27N5O2. The fourth-order valence-corrected chi connectivity index (χ4v) is 3.36. The van der Waals surface area contributed by atoms with Gasteiger partial charge in [0.05, 0.1) is 18.4 Å². The molecule has 0 aliphatic carbocycles. The monoisotopic (exact) mass is 357 g/mol. The summed E-state index contributed by atoms with van der Waals surface area (Å²) in [6.07, 6.45) is 8.56. The quantitative estimate of drug-likeness (QED) is 0.820. The number of hydrogen-bond donors (Lipinski definition) is 1. The number of aromatic nitrogens is 3. The fraction of sp³-hybridized carbons (Fsp3) is 0.526. The maximum Gasteiger partial charge on any atom is 0.255 e. The number of likely N-dealkylation sites (tertiary alicyclic amines) is 1. The maximum atomic E-state index is 12.7. The fourth-order valence-electron chi connectivity index (χ4n) is 3.36. The number of anilines is 1. The van der Waals surface area contributed by atoms with Gasteiger partial charge in [0.2, 0.25) is 0 Å². The van der Waals surface area contributed by atoms with Crippen LogP contribution in [0.25, 0.3) is 0 Å². The second-order valence-electron chi connectivity index (χ2n) is 6.85. The predicted molar refractivity (Wildman–Crippen MR) is 100 cm³/mol. The van der Waals surface area contributed by atoms with E-state index in [9.17, 15) is 4.79 Å². The molecule has 0 saturated carbocycles. The van der Waals surface area contributed by atoms with Gasteiger partial charge in [-0.1, -0.05) is 0 Å². The van der Waals surface area contributed by atoms with E-state index in [0.29, 0.717) is 18.1 Å². The molecule has 1 aliphatic heterocycles. The Kier molecular flexibility index (Phi) is 6.22. The van der Waals surface area contributed by atoms with Crippen molar-refractivity contribution in [1.29, 1.82) is 0 Å². The van der Waals surface area contributed by atoms with E-state index in [0.717, 1.165) is 44.7 Å². The van der Waals surface area contributed by atoms with Gasteiger partial charge in [-0.25, -0.2) is 4.98 Å². The van der Waals surface area contributed by atoms with Crippen LogP contribution in [-0.2, 0) is 18.2 Å². The molecule has 1 aliphatic rings. The molecule has 0 radical (unpaired) electrons. The minimum Gasteiger partial charge on any atom is -0.384 e. The number of methoxy groups -OCH3 is 1. The van der Waals surface area contributed by atoms with Crippen LogP contribution < -0.4 is 5.32 Å². The number of ether oxygens (including phenoxy) is 1. The molecule has 1 N–H and O–H groups in total. The standard InChI is InChI=1S/C19H27N5O2/c1-23-12-15(10-22-23)7-8-20-18-6-5-17(11-21-18)19(25)24-9-3-4-16(13-24)14-26-2/h5-6,10-12,16H,3-4,7-9,13-14H2,1-2H3,(H,20,21). The van der Waals surface area contributed by atoms with Gasteiger partial charge in [0.1, 0.15) is 5.82 Å². The summed E-state index contributed by atoms with van der Waals surface area (Å²) in [5.41, 5.74) is 1.82. The summed E-state index contributed by atoms with van der Waals surface area (Å²) in [6, 6.07) is 3.72. The third-order valence-corrected chi connectivity index (χ3v) is 4.70. The molecule has 1 saturated heterocycles. The van der Waals surface area contributed by atoms with Crippen LogP contribution >= 0.6 is 0 Å². The zero-order valence-electron chi connectivity index (χ0n) is 15.5. The summed E-state index contributed by atoms with van der Waals surface area (Å²) in [5, 5.41) is 7.44. The first-order chi connectivity index (χ1) is 12.7. The van der Waals surface area contributed by atoms with Crippen molar-refractivity contribution in [2.75, 3.05) is 38.7 Å². The predicted octanol–water partition coefficient (Wildman–Crippen LogP) is 1.97. The molecule has 0 spiro atoms. The molecule has 140 valence electrons. The Morgan fingerprint density at radius 2 is 2.27 bits per heavy atom. The molecule has 2 aromatic rings. The van der Waals surface area contributed by atoms with Crippen LogP contribution in [0, 0.1) is 5.92 Å². The van der Waals surface area contributed by atoms with E-state index in [1.807, 2.05) is 36.5 Å². The van der Waals surface area contributed by atoms with Crippen LogP contribution in [0.15, 0.2) is 30.7 Å². The van der Waals surface area contributed by atoms with Crippen molar-refractivity contribution in [2.45, 2.75) is 19.3 Å². The van der Waals surface area contributed by atoms with Crippen molar-refractivity contribution in [1.82, 2.24) is 19.7 Å². The molecule has 1 unspecified atom stereocenters. The van der Waals surface area contributed by atoms with Crippen molar-refractivity contribution >= 4 is 11.7 Å². The number of pyridine rings is 1. The molecule has 1 amide bonds. The second kappa shape index (κ2) is 8.80. The topological polar surface area (TPSA) is 72.3 Å². The van der Waals surface area contributed by atoms with Crippen molar-refractivity contribution in [3.05, 3.63) is 41.9 Å². The van der Waals surface area contributed by atoms with Gasteiger partial charge < -0.3 is 15.0 Å². The SMILES string of the molecule is COCC1CCCN(C(=O)c2ccc(NCCc3cnn(C)c3)nc2)C1. The molecule has 0 aromatic carbocycles. The van der Waals surface area contributed by atoms with Crippen LogP contribution in [0.3, 0.4) is 0 Å². The van der Waals surface area contributed by atoms with Crippen molar-refractivity contribution in [3.8, 4) is 0 Å². The number of piperidine rings is 1. The van der Waals surface area contributed by atoms with Gasteiger partial charge in [-0.15, -0.1) is 0 Å². The van der Waals surface area contributed by atoms with E-state index in [1.165, 1.54) is 5.56 Å². The Hall–Kier alpha value is -2.41. The lowest BCUT2D eigenvalue weighted by Gasteiger charge is -2.32. The molecule has 26 heavy (non-hydrogen) atoms. The number of carbonyl (C=O) groups is 1. The highest BCUT2D eigenvalue weighted by atomic mass is 16.5. The third kappa shape index (κ3) is 4.82. The van der Waals surface area contributed by atoms with E-state index in [1.54, 1.807) is 18.0 Å². The molecule has 0 bridgehead atoms. The van der Waals surface area contributed by atoms with Gasteiger partial charge in [0.15, 0.2) is 0 Å². The Bertz CT molecular complexity index is 711. The van der Waals surface area contributed by atoms with Crippen molar-refractivity contribution in [2.24, 2.45) is 13.0 Å². The normalized spacial score (nSPS) is 17.3. The first kappa shape index (κ1) is 18.4. The Balaban J connectivity index is 1.50. The summed E-state index contributed by atoms with van der Waals surface area (Å²) < 4.78 is 7.04. The van der Waals surface area contributed by atoms with Crippen molar-refractivity contribution < 1.29 is 9.53 Å². The minimum atomic E-state index is 0.0558. The lowest BCUT2D eigenvalue weighted by molar-refractivity contribution is 0.0570.